The molecule has 1 aromatic rings. The summed E-state index contributed by atoms with van der Waals surface area (Å²) in [6.07, 6.45) is 1.55. The number of aliphatic hydroxyl groups excluding tert-OH is 1. The molecule has 1 amide bonds. The maximum Gasteiger partial charge on any atom is 0.217 e. The van der Waals surface area contributed by atoms with Crippen molar-refractivity contribution in [2.75, 3.05) is 13.1 Å². The third-order valence-electron chi connectivity index (χ3n) is 3.47. The van der Waals surface area contributed by atoms with Gasteiger partial charge in [0.05, 0.1) is 6.61 Å². The quantitative estimate of drug-likeness (QED) is 0.812. The van der Waals surface area contributed by atoms with Crippen molar-refractivity contribution >= 4 is 5.91 Å². The number of nitrogens with two attached hydrogens (primary N) is 1. The number of carbonyl (C=O) groups is 1. The van der Waals surface area contributed by atoms with Crippen molar-refractivity contribution in [1.82, 2.24) is 4.90 Å². The Hall–Kier alpha value is -1.39. The summed E-state index contributed by atoms with van der Waals surface area (Å²) < 4.78 is 0. The third kappa shape index (κ3) is 3.55. The van der Waals surface area contributed by atoms with Gasteiger partial charge < -0.3 is 10.8 Å². The number of benzene rings is 1. The van der Waals surface area contributed by atoms with Gasteiger partial charge in [0.2, 0.25) is 5.91 Å². The van der Waals surface area contributed by atoms with Crippen molar-refractivity contribution in [2.24, 2.45) is 11.7 Å². The van der Waals surface area contributed by atoms with Gasteiger partial charge in [-0.05, 0) is 30.0 Å². The highest BCUT2D eigenvalue weighted by Gasteiger charge is 2.23. The lowest BCUT2D eigenvalue weighted by molar-refractivity contribution is -0.118. The summed E-state index contributed by atoms with van der Waals surface area (Å²) >= 11 is 0. The molecule has 1 heterocycles. The largest absolute Gasteiger partial charge is 0.392 e. The van der Waals surface area contributed by atoms with Crippen molar-refractivity contribution in [1.29, 1.82) is 0 Å². The Morgan fingerprint density at radius 2 is 2.00 bits per heavy atom. The number of hydrogen-bond acceptors (Lipinski definition) is 3. The summed E-state index contributed by atoms with van der Waals surface area (Å²) in [6, 6.07) is 8.00. The maximum atomic E-state index is 10.9. The lowest BCUT2D eigenvalue weighted by Gasteiger charge is -2.15. The second-order valence-corrected chi connectivity index (χ2v) is 5.03. The van der Waals surface area contributed by atoms with Gasteiger partial charge in [0.15, 0.2) is 0 Å². The van der Waals surface area contributed by atoms with E-state index in [0.717, 1.165) is 31.6 Å². The van der Waals surface area contributed by atoms with E-state index in [4.69, 9.17) is 10.8 Å². The summed E-state index contributed by atoms with van der Waals surface area (Å²) in [6.45, 7) is 2.97. The van der Waals surface area contributed by atoms with Crippen LogP contribution in [0.25, 0.3) is 0 Å². The molecule has 1 fully saturated rings. The minimum absolute atomic E-state index is 0.0880. The van der Waals surface area contributed by atoms with E-state index in [9.17, 15) is 4.79 Å². The van der Waals surface area contributed by atoms with E-state index in [0.29, 0.717) is 12.3 Å². The summed E-state index contributed by atoms with van der Waals surface area (Å²) in [4.78, 5) is 13.2. The van der Waals surface area contributed by atoms with E-state index in [2.05, 4.69) is 4.90 Å². The predicted molar refractivity (Wildman–Crippen MR) is 69.6 cm³/mol. The van der Waals surface area contributed by atoms with Gasteiger partial charge in [-0.2, -0.15) is 0 Å². The first-order chi connectivity index (χ1) is 8.67. The molecule has 1 aliphatic heterocycles. The summed E-state index contributed by atoms with van der Waals surface area (Å²) in [5.74, 6) is 0.216. The van der Waals surface area contributed by atoms with Gasteiger partial charge in [-0.1, -0.05) is 24.3 Å². The van der Waals surface area contributed by atoms with Crippen LogP contribution < -0.4 is 5.73 Å². The molecule has 2 rings (SSSR count). The van der Waals surface area contributed by atoms with Gasteiger partial charge >= 0.3 is 0 Å². The number of carbonyl (C=O) groups excluding carboxylic acids is 1. The first-order valence-electron chi connectivity index (χ1n) is 6.36. The lowest BCUT2D eigenvalue weighted by Crippen LogP contribution is -2.22. The third-order valence-corrected chi connectivity index (χ3v) is 3.47. The van der Waals surface area contributed by atoms with Gasteiger partial charge in [0.25, 0.3) is 0 Å². The molecule has 4 heteroatoms. The highest BCUT2D eigenvalue weighted by molar-refractivity contribution is 5.74. The monoisotopic (exact) mass is 248 g/mol. The zero-order chi connectivity index (χ0) is 13.0. The Labute approximate surface area is 107 Å². The van der Waals surface area contributed by atoms with E-state index >= 15 is 0 Å². The minimum Gasteiger partial charge on any atom is -0.392 e. The summed E-state index contributed by atoms with van der Waals surface area (Å²) in [5.41, 5.74) is 7.40. The molecule has 1 aromatic carbocycles. The Morgan fingerprint density at radius 3 is 2.61 bits per heavy atom. The summed E-state index contributed by atoms with van der Waals surface area (Å²) in [5, 5.41) is 8.98. The number of nitrogens with zero attached hydrogens (tertiary/aromatic N) is 1. The molecular formula is C14H20N2O2. The van der Waals surface area contributed by atoms with Crippen molar-refractivity contribution in [3.05, 3.63) is 35.4 Å². The fraction of sp³-hybridized carbons (Fsp3) is 0.500. The topological polar surface area (TPSA) is 66.6 Å². The molecule has 0 aromatic heterocycles. The van der Waals surface area contributed by atoms with Gasteiger partial charge in [0, 0.05) is 19.5 Å². The summed E-state index contributed by atoms with van der Waals surface area (Å²) in [7, 11) is 0. The number of rotatable bonds is 5. The van der Waals surface area contributed by atoms with Crippen molar-refractivity contribution < 1.29 is 9.90 Å². The van der Waals surface area contributed by atoms with Crippen LogP contribution in [0, 0.1) is 5.92 Å². The lowest BCUT2D eigenvalue weighted by atomic mass is 10.1. The fourth-order valence-electron chi connectivity index (χ4n) is 2.52. The molecular weight excluding hydrogens is 228 g/mol. The predicted octanol–water partition coefficient (Wildman–Crippen LogP) is 0.876. The zero-order valence-corrected chi connectivity index (χ0v) is 10.5. The van der Waals surface area contributed by atoms with E-state index in [1.54, 1.807) is 0 Å². The van der Waals surface area contributed by atoms with Crippen molar-refractivity contribution in [2.45, 2.75) is 26.0 Å². The number of hydrogen-bond donors (Lipinski definition) is 2. The smallest absolute Gasteiger partial charge is 0.217 e. The van der Waals surface area contributed by atoms with Crippen LogP contribution >= 0.6 is 0 Å². The molecule has 0 radical (unpaired) electrons. The van der Waals surface area contributed by atoms with E-state index in [1.807, 2.05) is 24.3 Å². The number of primary amides is 1. The van der Waals surface area contributed by atoms with Crippen LogP contribution in [0.5, 0.6) is 0 Å². The molecule has 98 valence electrons. The maximum absolute atomic E-state index is 10.9. The average Bonchev–Trinajstić information content (AvgIpc) is 2.76. The minimum atomic E-state index is -0.200. The second kappa shape index (κ2) is 5.98. The van der Waals surface area contributed by atoms with Crippen LogP contribution in [-0.4, -0.2) is 29.0 Å². The molecule has 4 nitrogen and oxygen atoms in total. The number of aliphatic hydroxyl groups is 1. The SMILES string of the molecule is NC(=O)CC1CCN(Cc2ccc(CO)cc2)C1. The van der Waals surface area contributed by atoms with Gasteiger partial charge in [-0.3, -0.25) is 9.69 Å². The molecule has 1 unspecified atom stereocenters. The second-order valence-electron chi connectivity index (χ2n) is 5.03. The highest BCUT2D eigenvalue weighted by atomic mass is 16.3. The number of amides is 1. The molecule has 0 aliphatic carbocycles. The van der Waals surface area contributed by atoms with Crippen LogP contribution in [0.1, 0.15) is 24.0 Å². The van der Waals surface area contributed by atoms with Crippen LogP contribution in [0.3, 0.4) is 0 Å². The van der Waals surface area contributed by atoms with Gasteiger partial charge in [-0.25, -0.2) is 0 Å². The van der Waals surface area contributed by atoms with Crippen LogP contribution in [0.15, 0.2) is 24.3 Å². The van der Waals surface area contributed by atoms with Crippen LogP contribution in [0.2, 0.25) is 0 Å². The molecule has 0 spiro atoms. The van der Waals surface area contributed by atoms with Crippen molar-refractivity contribution in [3.8, 4) is 0 Å². The first kappa shape index (κ1) is 13.1. The van der Waals surface area contributed by atoms with E-state index < -0.39 is 0 Å². The number of likely N-dealkylation sites (tertiary alicyclic amines) is 1. The Balaban J connectivity index is 1.85. The Bertz CT molecular complexity index is 403. The fourth-order valence-corrected chi connectivity index (χ4v) is 2.52. The van der Waals surface area contributed by atoms with E-state index in [1.165, 1.54) is 5.56 Å². The molecule has 1 aliphatic rings. The first-order valence-corrected chi connectivity index (χ1v) is 6.36. The molecule has 3 N–H and O–H groups in total. The zero-order valence-electron chi connectivity index (χ0n) is 10.5. The molecule has 0 saturated carbocycles. The molecule has 0 bridgehead atoms. The van der Waals surface area contributed by atoms with Gasteiger partial charge in [-0.15, -0.1) is 0 Å². The standard InChI is InChI=1S/C14H20N2O2/c15-14(18)7-13-5-6-16(9-13)8-11-1-3-12(10-17)4-2-11/h1-4,13,17H,5-10H2,(H2,15,18). The highest BCUT2D eigenvalue weighted by Crippen LogP contribution is 2.21. The van der Waals surface area contributed by atoms with Crippen molar-refractivity contribution in [3.63, 3.8) is 0 Å². The van der Waals surface area contributed by atoms with E-state index in [-0.39, 0.29) is 12.5 Å². The molecule has 1 atom stereocenters. The molecule has 18 heavy (non-hydrogen) atoms. The molecule has 1 saturated heterocycles. The van der Waals surface area contributed by atoms with Crippen LogP contribution in [-0.2, 0) is 17.9 Å². The normalized spacial score (nSPS) is 20.2. The Kier molecular flexibility index (Phi) is 4.33. The van der Waals surface area contributed by atoms with Crippen LogP contribution in [0.4, 0.5) is 0 Å². The Morgan fingerprint density at radius 1 is 1.33 bits per heavy atom. The average molecular weight is 248 g/mol. The van der Waals surface area contributed by atoms with Gasteiger partial charge in [0.1, 0.15) is 0 Å².